The topological polar surface area (TPSA) is 55.6 Å². The SMILES string of the molecule is CC(C)(C)OC(=O)N1CC(=CCN)C1. The lowest BCUT2D eigenvalue weighted by Crippen LogP contribution is -2.47. The second kappa shape index (κ2) is 4.00. The fraction of sp³-hybridized carbons (Fsp3) is 0.700. The molecule has 1 aliphatic heterocycles. The highest BCUT2D eigenvalue weighted by Gasteiger charge is 2.28. The molecule has 1 amide bonds. The van der Waals surface area contributed by atoms with Crippen LogP contribution in [0.2, 0.25) is 0 Å². The van der Waals surface area contributed by atoms with Crippen LogP contribution in [0.4, 0.5) is 4.79 Å². The van der Waals surface area contributed by atoms with E-state index in [-0.39, 0.29) is 6.09 Å². The van der Waals surface area contributed by atoms with Crippen LogP contribution in [0.15, 0.2) is 11.6 Å². The molecule has 14 heavy (non-hydrogen) atoms. The van der Waals surface area contributed by atoms with E-state index in [4.69, 9.17) is 10.5 Å². The number of carbonyl (C=O) groups is 1. The van der Waals surface area contributed by atoms with Crippen molar-refractivity contribution in [2.45, 2.75) is 26.4 Å². The number of hydrogen-bond acceptors (Lipinski definition) is 3. The molecule has 0 aliphatic carbocycles. The Kier molecular flexibility index (Phi) is 3.16. The monoisotopic (exact) mass is 198 g/mol. The highest BCUT2D eigenvalue weighted by Crippen LogP contribution is 2.18. The Balaban J connectivity index is 2.34. The number of nitrogens with zero attached hydrogens (tertiary/aromatic N) is 1. The summed E-state index contributed by atoms with van der Waals surface area (Å²) in [4.78, 5) is 13.1. The van der Waals surface area contributed by atoms with Crippen LogP contribution in [0.3, 0.4) is 0 Å². The molecule has 0 aromatic carbocycles. The average molecular weight is 198 g/mol. The molecule has 0 spiro atoms. The highest BCUT2D eigenvalue weighted by molar-refractivity contribution is 5.70. The number of likely N-dealkylation sites (tertiary alicyclic amines) is 1. The third-order valence-electron chi connectivity index (χ3n) is 1.85. The predicted octanol–water partition coefficient (Wildman–Crippen LogP) is 1.12. The van der Waals surface area contributed by atoms with Crippen LogP contribution in [-0.2, 0) is 4.74 Å². The fourth-order valence-corrected chi connectivity index (χ4v) is 1.20. The molecule has 4 nitrogen and oxygen atoms in total. The first-order valence-electron chi connectivity index (χ1n) is 4.78. The number of nitrogens with two attached hydrogens (primary N) is 1. The van der Waals surface area contributed by atoms with Crippen molar-refractivity contribution in [2.75, 3.05) is 19.6 Å². The summed E-state index contributed by atoms with van der Waals surface area (Å²) in [5.41, 5.74) is 6.15. The van der Waals surface area contributed by atoms with E-state index in [0.29, 0.717) is 19.6 Å². The van der Waals surface area contributed by atoms with E-state index in [1.54, 1.807) is 4.90 Å². The Morgan fingerprint density at radius 3 is 2.57 bits per heavy atom. The lowest BCUT2D eigenvalue weighted by atomic mass is 10.1. The van der Waals surface area contributed by atoms with Crippen LogP contribution < -0.4 is 5.73 Å². The maximum Gasteiger partial charge on any atom is 0.410 e. The first kappa shape index (κ1) is 11.0. The van der Waals surface area contributed by atoms with Gasteiger partial charge in [0.1, 0.15) is 5.60 Å². The molecule has 1 rings (SSSR count). The van der Waals surface area contributed by atoms with Gasteiger partial charge in [0.2, 0.25) is 0 Å². The van der Waals surface area contributed by atoms with E-state index in [2.05, 4.69) is 0 Å². The van der Waals surface area contributed by atoms with Crippen molar-refractivity contribution >= 4 is 6.09 Å². The molecule has 1 heterocycles. The molecule has 0 radical (unpaired) electrons. The highest BCUT2D eigenvalue weighted by atomic mass is 16.6. The zero-order valence-corrected chi connectivity index (χ0v) is 9.04. The minimum Gasteiger partial charge on any atom is -0.444 e. The zero-order valence-electron chi connectivity index (χ0n) is 9.04. The lowest BCUT2D eigenvalue weighted by Gasteiger charge is -2.35. The molecule has 4 heteroatoms. The molecule has 80 valence electrons. The Morgan fingerprint density at radius 1 is 1.57 bits per heavy atom. The largest absolute Gasteiger partial charge is 0.444 e. The lowest BCUT2D eigenvalue weighted by molar-refractivity contribution is 0.0214. The number of ether oxygens (including phenoxy) is 1. The Labute approximate surface area is 84.7 Å². The quantitative estimate of drug-likeness (QED) is 0.642. The van der Waals surface area contributed by atoms with Crippen LogP contribution in [0.25, 0.3) is 0 Å². The predicted molar refractivity (Wildman–Crippen MR) is 54.9 cm³/mol. The molecule has 2 N–H and O–H groups in total. The number of rotatable bonds is 1. The van der Waals surface area contributed by atoms with E-state index in [1.165, 1.54) is 5.57 Å². The number of carbonyl (C=O) groups excluding carboxylic acids is 1. The summed E-state index contributed by atoms with van der Waals surface area (Å²) in [7, 11) is 0. The van der Waals surface area contributed by atoms with Gasteiger partial charge >= 0.3 is 6.09 Å². The van der Waals surface area contributed by atoms with E-state index in [0.717, 1.165) is 0 Å². The average Bonchev–Trinajstić information content (AvgIpc) is 1.91. The summed E-state index contributed by atoms with van der Waals surface area (Å²) in [5.74, 6) is 0. The van der Waals surface area contributed by atoms with Gasteiger partial charge in [-0.2, -0.15) is 0 Å². The summed E-state index contributed by atoms with van der Waals surface area (Å²) in [5, 5.41) is 0. The molecular weight excluding hydrogens is 180 g/mol. The molecule has 1 fully saturated rings. The van der Waals surface area contributed by atoms with Crippen LogP contribution in [-0.4, -0.2) is 36.2 Å². The molecule has 0 unspecified atom stereocenters. The number of amides is 1. The van der Waals surface area contributed by atoms with Crippen molar-refractivity contribution < 1.29 is 9.53 Å². The van der Waals surface area contributed by atoms with Gasteiger partial charge in [-0.15, -0.1) is 0 Å². The van der Waals surface area contributed by atoms with Crippen molar-refractivity contribution in [1.82, 2.24) is 4.90 Å². The Morgan fingerprint density at radius 2 is 2.14 bits per heavy atom. The second-order valence-corrected chi connectivity index (χ2v) is 4.43. The number of hydrogen-bond donors (Lipinski definition) is 1. The van der Waals surface area contributed by atoms with Gasteiger partial charge in [-0.3, -0.25) is 0 Å². The van der Waals surface area contributed by atoms with Crippen LogP contribution in [0, 0.1) is 0 Å². The van der Waals surface area contributed by atoms with Crippen molar-refractivity contribution in [3.05, 3.63) is 11.6 Å². The van der Waals surface area contributed by atoms with E-state index < -0.39 is 5.60 Å². The van der Waals surface area contributed by atoms with Gasteiger partial charge in [-0.05, 0) is 26.3 Å². The summed E-state index contributed by atoms with van der Waals surface area (Å²) in [6, 6.07) is 0. The first-order chi connectivity index (χ1) is 6.42. The van der Waals surface area contributed by atoms with Gasteiger partial charge in [-0.25, -0.2) is 4.79 Å². The third kappa shape index (κ3) is 3.03. The zero-order chi connectivity index (χ0) is 10.8. The molecular formula is C10H18N2O2. The van der Waals surface area contributed by atoms with Crippen molar-refractivity contribution in [3.8, 4) is 0 Å². The van der Waals surface area contributed by atoms with Crippen molar-refractivity contribution in [3.63, 3.8) is 0 Å². The van der Waals surface area contributed by atoms with Crippen LogP contribution in [0.1, 0.15) is 20.8 Å². The molecule has 0 saturated carbocycles. The minimum atomic E-state index is -0.412. The van der Waals surface area contributed by atoms with E-state index >= 15 is 0 Å². The minimum absolute atomic E-state index is 0.244. The summed E-state index contributed by atoms with van der Waals surface area (Å²) in [6.07, 6.45) is 1.70. The van der Waals surface area contributed by atoms with Gasteiger partial charge < -0.3 is 15.4 Å². The van der Waals surface area contributed by atoms with Gasteiger partial charge in [0.25, 0.3) is 0 Å². The van der Waals surface area contributed by atoms with Gasteiger partial charge in [0.15, 0.2) is 0 Å². The standard InChI is InChI=1S/C10H18N2O2/c1-10(2,3)14-9(13)12-6-8(7-12)4-5-11/h4H,5-7,11H2,1-3H3. The van der Waals surface area contributed by atoms with Gasteiger partial charge in [0.05, 0.1) is 0 Å². The van der Waals surface area contributed by atoms with E-state index in [1.807, 2.05) is 26.8 Å². The van der Waals surface area contributed by atoms with Gasteiger partial charge in [-0.1, -0.05) is 6.08 Å². The molecule has 1 aliphatic rings. The molecule has 0 aromatic rings. The third-order valence-corrected chi connectivity index (χ3v) is 1.85. The molecule has 0 aromatic heterocycles. The normalized spacial score (nSPS) is 16.3. The maximum atomic E-state index is 11.4. The molecule has 1 saturated heterocycles. The Bertz CT molecular complexity index is 245. The van der Waals surface area contributed by atoms with Crippen LogP contribution >= 0.6 is 0 Å². The molecule has 0 atom stereocenters. The summed E-state index contributed by atoms with van der Waals surface area (Å²) >= 11 is 0. The second-order valence-electron chi connectivity index (χ2n) is 4.43. The van der Waals surface area contributed by atoms with E-state index in [9.17, 15) is 4.79 Å². The maximum absolute atomic E-state index is 11.4. The van der Waals surface area contributed by atoms with Crippen molar-refractivity contribution in [1.29, 1.82) is 0 Å². The smallest absolute Gasteiger partial charge is 0.410 e. The summed E-state index contributed by atoms with van der Waals surface area (Å²) in [6.45, 7) is 7.44. The van der Waals surface area contributed by atoms with Gasteiger partial charge in [0, 0.05) is 19.6 Å². The van der Waals surface area contributed by atoms with Crippen molar-refractivity contribution in [2.24, 2.45) is 5.73 Å². The Hall–Kier alpha value is -1.03. The fourth-order valence-electron chi connectivity index (χ4n) is 1.20. The molecule has 0 bridgehead atoms. The first-order valence-corrected chi connectivity index (χ1v) is 4.78. The van der Waals surface area contributed by atoms with Crippen LogP contribution in [0.5, 0.6) is 0 Å². The summed E-state index contributed by atoms with van der Waals surface area (Å²) < 4.78 is 5.20.